The van der Waals surface area contributed by atoms with E-state index in [9.17, 15) is 0 Å². The van der Waals surface area contributed by atoms with Gasteiger partial charge in [-0.05, 0) is 44.0 Å². The van der Waals surface area contributed by atoms with Crippen molar-refractivity contribution in [3.63, 3.8) is 0 Å². The maximum absolute atomic E-state index is 5.85. The Morgan fingerprint density at radius 3 is 2.47 bits per heavy atom. The maximum atomic E-state index is 5.85. The molecule has 0 radical (unpaired) electrons. The molecule has 1 aromatic rings. The summed E-state index contributed by atoms with van der Waals surface area (Å²) in [5.41, 5.74) is 1.05. The Morgan fingerprint density at radius 1 is 1.18 bits per heavy atom. The normalized spacial score (nSPS) is 18.1. The van der Waals surface area contributed by atoms with Gasteiger partial charge in [-0.2, -0.15) is 0 Å². The summed E-state index contributed by atoms with van der Waals surface area (Å²) in [6, 6.07) is 8.24. The highest BCUT2D eigenvalue weighted by Gasteiger charge is 2.11. The van der Waals surface area contributed by atoms with Crippen molar-refractivity contribution in [2.45, 2.75) is 45.1 Å². The summed E-state index contributed by atoms with van der Waals surface area (Å²) in [7, 11) is 0. The zero-order chi connectivity index (χ0) is 12.1. The Balaban J connectivity index is 1.93. The van der Waals surface area contributed by atoms with E-state index in [1.54, 1.807) is 0 Å². The van der Waals surface area contributed by atoms with Gasteiger partial charge in [0.25, 0.3) is 0 Å². The largest absolute Gasteiger partial charge is 0.344 e. The van der Waals surface area contributed by atoms with Crippen molar-refractivity contribution >= 4 is 23.1 Å². The quantitative estimate of drug-likeness (QED) is 0.606. The summed E-state index contributed by atoms with van der Waals surface area (Å²) < 4.78 is 0. The van der Waals surface area contributed by atoms with E-state index in [0.29, 0.717) is 6.04 Å². The molecule has 17 heavy (non-hydrogen) atoms. The average Bonchev–Trinajstić information content (AvgIpc) is 2.33. The minimum atomic E-state index is 0.517. The number of benzene rings is 1. The molecule has 0 bridgehead atoms. The Kier molecular flexibility index (Phi) is 4.43. The molecule has 92 valence electrons. The van der Waals surface area contributed by atoms with E-state index in [4.69, 9.17) is 16.6 Å². The van der Waals surface area contributed by atoms with Gasteiger partial charge in [-0.25, -0.2) is 0 Å². The van der Waals surface area contributed by atoms with Gasteiger partial charge in [0.05, 0.1) is 11.9 Å². The highest BCUT2D eigenvalue weighted by Crippen LogP contribution is 2.20. The van der Waals surface area contributed by atoms with E-state index in [2.05, 4.69) is 5.32 Å². The molecule has 0 saturated heterocycles. The van der Waals surface area contributed by atoms with E-state index in [0.717, 1.165) is 16.5 Å². The summed E-state index contributed by atoms with van der Waals surface area (Å²) in [6.45, 7) is 2.03. The first kappa shape index (κ1) is 12.4. The third kappa shape index (κ3) is 4.04. The highest BCUT2D eigenvalue weighted by molar-refractivity contribution is 6.30. The smallest absolute Gasteiger partial charge is 0.0978 e. The zero-order valence-corrected chi connectivity index (χ0v) is 11.0. The van der Waals surface area contributed by atoms with Crippen molar-refractivity contribution in [1.82, 2.24) is 0 Å². The predicted molar refractivity (Wildman–Crippen MR) is 75.1 cm³/mol. The van der Waals surface area contributed by atoms with Crippen LogP contribution in [-0.4, -0.2) is 11.9 Å². The lowest BCUT2D eigenvalue weighted by atomic mass is 9.96. The number of rotatable bonds is 2. The average molecular weight is 251 g/mol. The van der Waals surface area contributed by atoms with E-state index in [1.165, 1.54) is 32.1 Å². The van der Waals surface area contributed by atoms with Gasteiger partial charge >= 0.3 is 0 Å². The van der Waals surface area contributed by atoms with Crippen LogP contribution in [0.3, 0.4) is 0 Å². The zero-order valence-electron chi connectivity index (χ0n) is 10.2. The predicted octanol–water partition coefficient (Wildman–Crippen LogP) is 4.50. The number of halogens is 1. The van der Waals surface area contributed by atoms with Crippen molar-refractivity contribution < 1.29 is 0 Å². The first-order valence-corrected chi connectivity index (χ1v) is 6.69. The Labute approximate surface area is 108 Å². The number of amidine groups is 1. The van der Waals surface area contributed by atoms with Crippen molar-refractivity contribution in [2.75, 3.05) is 5.32 Å². The van der Waals surface area contributed by atoms with E-state index in [-0.39, 0.29) is 0 Å². The molecule has 2 rings (SSSR count). The SMILES string of the molecule is CC(=NC1CCCCC1)Nc1ccc(Cl)cc1. The van der Waals surface area contributed by atoms with Crippen LogP contribution in [0.15, 0.2) is 29.3 Å². The molecule has 0 atom stereocenters. The van der Waals surface area contributed by atoms with Crippen LogP contribution in [0.5, 0.6) is 0 Å². The monoisotopic (exact) mass is 250 g/mol. The first-order chi connectivity index (χ1) is 8.24. The molecule has 1 aliphatic rings. The maximum Gasteiger partial charge on any atom is 0.0978 e. The molecule has 1 saturated carbocycles. The molecule has 0 aromatic heterocycles. The lowest BCUT2D eigenvalue weighted by molar-refractivity contribution is 0.443. The molecule has 0 unspecified atom stereocenters. The van der Waals surface area contributed by atoms with Gasteiger partial charge < -0.3 is 5.32 Å². The van der Waals surface area contributed by atoms with Crippen LogP contribution in [0.25, 0.3) is 0 Å². The van der Waals surface area contributed by atoms with E-state index >= 15 is 0 Å². The van der Waals surface area contributed by atoms with Gasteiger partial charge in [0.1, 0.15) is 0 Å². The van der Waals surface area contributed by atoms with Gasteiger partial charge in [-0.3, -0.25) is 4.99 Å². The lowest BCUT2D eigenvalue weighted by Gasteiger charge is -2.18. The number of nitrogens with zero attached hydrogens (tertiary/aromatic N) is 1. The topological polar surface area (TPSA) is 24.4 Å². The van der Waals surface area contributed by atoms with Crippen LogP contribution in [0.2, 0.25) is 5.02 Å². The van der Waals surface area contributed by atoms with Crippen molar-refractivity contribution in [3.8, 4) is 0 Å². The molecule has 0 spiro atoms. The molecule has 1 fully saturated rings. The lowest BCUT2D eigenvalue weighted by Crippen LogP contribution is -2.15. The minimum absolute atomic E-state index is 0.517. The summed E-state index contributed by atoms with van der Waals surface area (Å²) >= 11 is 5.85. The fourth-order valence-corrected chi connectivity index (χ4v) is 2.38. The fourth-order valence-electron chi connectivity index (χ4n) is 2.26. The van der Waals surface area contributed by atoms with E-state index in [1.807, 2.05) is 31.2 Å². The van der Waals surface area contributed by atoms with Gasteiger partial charge in [-0.15, -0.1) is 0 Å². The third-order valence-corrected chi connectivity index (χ3v) is 3.37. The third-order valence-electron chi connectivity index (χ3n) is 3.12. The van der Waals surface area contributed by atoms with Crippen LogP contribution in [0.1, 0.15) is 39.0 Å². The standard InChI is InChI=1S/C14H19ClN2/c1-11(16-13-5-3-2-4-6-13)17-14-9-7-12(15)8-10-14/h7-10,13H,2-6H2,1H3,(H,16,17). The fraction of sp³-hybridized carbons (Fsp3) is 0.500. The summed E-state index contributed by atoms with van der Waals surface area (Å²) in [4.78, 5) is 4.73. The van der Waals surface area contributed by atoms with Gasteiger partial charge in [0.2, 0.25) is 0 Å². The Bertz CT molecular complexity index is 378. The minimum Gasteiger partial charge on any atom is -0.344 e. The number of hydrogen-bond donors (Lipinski definition) is 1. The van der Waals surface area contributed by atoms with Gasteiger partial charge in [-0.1, -0.05) is 30.9 Å². The van der Waals surface area contributed by atoms with Crippen molar-refractivity contribution in [1.29, 1.82) is 0 Å². The van der Waals surface area contributed by atoms with Crippen LogP contribution < -0.4 is 5.32 Å². The molecule has 1 aliphatic carbocycles. The van der Waals surface area contributed by atoms with Crippen LogP contribution in [0.4, 0.5) is 5.69 Å². The summed E-state index contributed by atoms with van der Waals surface area (Å²) in [6.07, 6.45) is 6.49. The second kappa shape index (κ2) is 6.06. The number of hydrogen-bond acceptors (Lipinski definition) is 1. The van der Waals surface area contributed by atoms with Gasteiger partial charge in [0.15, 0.2) is 0 Å². The molecule has 0 heterocycles. The van der Waals surface area contributed by atoms with Crippen LogP contribution in [0, 0.1) is 0 Å². The van der Waals surface area contributed by atoms with Crippen LogP contribution >= 0.6 is 11.6 Å². The molecule has 1 N–H and O–H groups in total. The van der Waals surface area contributed by atoms with Crippen molar-refractivity contribution in [3.05, 3.63) is 29.3 Å². The molecule has 2 nitrogen and oxygen atoms in total. The molecule has 1 aromatic carbocycles. The Hall–Kier alpha value is -1.02. The molecule has 3 heteroatoms. The second-order valence-electron chi connectivity index (χ2n) is 4.64. The number of nitrogens with one attached hydrogen (secondary N) is 1. The summed E-state index contributed by atoms with van der Waals surface area (Å²) in [5.74, 6) is 0.999. The number of aliphatic imine (C=N–C) groups is 1. The Morgan fingerprint density at radius 2 is 1.82 bits per heavy atom. The molecule has 0 aliphatic heterocycles. The molecular weight excluding hydrogens is 232 g/mol. The second-order valence-corrected chi connectivity index (χ2v) is 5.07. The first-order valence-electron chi connectivity index (χ1n) is 6.31. The van der Waals surface area contributed by atoms with Crippen molar-refractivity contribution in [2.24, 2.45) is 4.99 Å². The van der Waals surface area contributed by atoms with Gasteiger partial charge in [0, 0.05) is 10.7 Å². The highest BCUT2D eigenvalue weighted by atomic mass is 35.5. The summed E-state index contributed by atoms with van der Waals surface area (Å²) in [5, 5.41) is 4.07. The molecule has 0 amide bonds. The molecular formula is C14H19ClN2. The van der Waals surface area contributed by atoms with Crippen LogP contribution in [-0.2, 0) is 0 Å². The number of anilines is 1. The van der Waals surface area contributed by atoms with E-state index < -0.39 is 0 Å².